The maximum Gasteiger partial charge on any atom is 0.262 e. The number of hydrogen-bond acceptors (Lipinski definition) is 3. The smallest absolute Gasteiger partial charge is 0.262 e. The topological polar surface area (TPSA) is 58.6 Å². The molecule has 1 aliphatic heterocycles. The number of para-hydroxylation sites is 1. The molecule has 2 amide bonds. The molecular formula is C25H24N2O3. The van der Waals surface area contributed by atoms with Gasteiger partial charge in [0, 0.05) is 23.5 Å². The number of ether oxygens (including phenoxy) is 1. The highest BCUT2D eigenvalue weighted by atomic mass is 16.5. The van der Waals surface area contributed by atoms with Crippen LogP contribution in [0.25, 0.3) is 0 Å². The number of benzene rings is 3. The van der Waals surface area contributed by atoms with Crippen LogP contribution in [0.15, 0.2) is 66.7 Å². The lowest BCUT2D eigenvalue weighted by Gasteiger charge is -2.17. The zero-order valence-corrected chi connectivity index (χ0v) is 17.1. The van der Waals surface area contributed by atoms with Crippen LogP contribution >= 0.6 is 0 Å². The molecule has 0 bridgehead atoms. The van der Waals surface area contributed by atoms with Crippen molar-refractivity contribution in [1.82, 2.24) is 0 Å². The second-order valence-electron chi connectivity index (χ2n) is 7.52. The van der Waals surface area contributed by atoms with Crippen LogP contribution in [0.1, 0.15) is 27.0 Å². The van der Waals surface area contributed by atoms with E-state index in [9.17, 15) is 9.59 Å². The van der Waals surface area contributed by atoms with E-state index in [1.165, 1.54) is 5.56 Å². The Labute approximate surface area is 176 Å². The monoisotopic (exact) mass is 400 g/mol. The van der Waals surface area contributed by atoms with Gasteiger partial charge in [0.1, 0.15) is 5.75 Å². The number of nitrogens with one attached hydrogen (secondary N) is 1. The summed E-state index contributed by atoms with van der Waals surface area (Å²) in [6.45, 7) is 4.58. The molecule has 1 N–H and O–H groups in total. The van der Waals surface area contributed by atoms with Crippen molar-refractivity contribution in [2.45, 2.75) is 20.3 Å². The standard InChI is InChI=1S/C25H24N2O3/c1-17-7-12-23(18(2)15-17)30-16-24(28)26-21-10-8-20(9-11-21)25(29)27-14-13-19-5-3-4-6-22(19)27/h3-12,15H,13-14,16H2,1-2H3,(H,26,28). The van der Waals surface area contributed by atoms with Crippen molar-refractivity contribution in [3.8, 4) is 5.75 Å². The number of hydrogen-bond donors (Lipinski definition) is 1. The molecule has 5 nitrogen and oxygen atoms in total. The molecule has 0 saturated heterocycles. The van der Waals surface area contributed by atoms with Crippen molar-refractivity contribution >= 4 is 23.2 Å². The van der Waals surface area contributed by atoms with Gasteiger partial charge >= 0.3 is 0 Å². The number of fused-ring (bicyclic) bond motifs is 1. The molecule has 0 spiro atoms. The summed E-state index contributed by atoms with van der Waals surface area (Å²) in [6, 6.07) is 20.8. The number of anilines is 2. The van der Waals surface area contributed by atoms with E-state index in [0.29, 0.717) is 23.5 Å². The molecule has 0 radical (unpaired) electrons. The lowest BCUT2D eigenvalue weighted by molar-refractivity contribution is -0.118. The van der Waals surface area contributed by atoms with Crippen molar-refractivity contribution in [2.24, 2.45) is 0 Å². The molecule has 3 aromatic rings. The van der Waals surface area contributed by atoms with Crippen LogP contribution in [0.4, 0.5) is 11.4 Å². The fourth-order valence-electron chi connectivity index (χ4n) is 3.70. The lowest BCUT2D eigenvalue weighted by Crippen LogP contribution is -2.28. The van der Waals surface area contributed by atoms with E-state index in [-0.39, 0.29) is 18.4 Å². The highest BCUT2D eigenvalue weighted by molar-refractivity contribution is 6.07. The molecule has 0 atom stereocenters. The SMILES string of the molecule is Cc1ccc(OCC(=O)Nc2ccc(C(=O)N3CCc4ccccc43)cc2)c(C)c1. The van der Waals surface area contributed by atoms with Crippen molar-refractivity contribution in [3.05, 3.63) is 89.0 Å². The summed E-state index contributed by atoms with van der Waals surface area (Å²) in [5.74, 6) is 0.418. The summed E-state index contributed by atoms with van der Waals surface area (Å²) in [7, 11) is 0. The predicted molar refractivity (Wildman–Crippen MR) is 118 cm³/mol. The Kier molecular flexibility index (Phi) is 5.53. The van der Waals surface area contributed by atoms with E-state index < -0.39 is 0 Å². The molecule has 3 aromatic carbocycles. The lowest BCUT2D eigenvalue weighted by atomic mass is 10.1. The third kappa shape index (κ3) is 4.20. The van der Waals surface area contributed by atoms with Gasteiger partial charge in [0.05, 0.1) is 0 Å². The van der Waals surface area contributed by atoms with Crippen molar-refractivity contribution in [1.29, 1.82) is 0 Å². The van der Waals surface area contributed by atoms with Crippen LogP contribution in [0, 0.1) is 13.8 Å². The van der Waals surface area contributed by atoms with Gasteiger partial charge in [0.15, 0.2) is 6.61 Å². The number of amides is 2. The Morgan fingerprint density at radius 3 is 2.53 bits per heavy atom. The normalized spacial score (nSPS) is 12.4. The summed E-state index contributed by atoms with van der Waals surface area (Å²) in [5, 5.41) is 2.81. The van der Waals surface area contributed by atoms with E-state index in [1.54, 1.807) is 29.2 Å². The largest absolute Gasteiger partial charge is 0.483 e. The van der Waals surface area contributed by atoms with Crippen LogP contribution in [0.2, 0.25) is 0 Å². The molecule has 0 unspecified atom stereocenters. The van der Waals surface area contributed by atoms with Crippen LogP contribution in [-0.2, 0) is 11.2 Å². The zero-order valence-electron chi connectivity index (χ0n) is 17.1. The Morgan fingerprint density at radius 2 is 1.77 bits per heavy atom. The minimum Gasteiger partial charge on any atom is -0.483 e. The Bertz CT molecular complexity index is 1090. The maximum absolute atomic E-state index is 12.9. The number of rotatable bonds is 5. The van der Waals surface area contributed by atoms with E-state index >= 15 is 0 Å². The summed E-state index contributed by atoms with van der Waals surface area (Å²) in [4.78, 5) is 26.9. The minimum absolute atomic E-state index is 0.0315. The number of carbonyl (C=O) groups is 2. The zero-order chi connectivity index (χ0) is 21.1. The molecule has 0 fully saturated rings. The second-order valence-corrected chi connectivity index (χ2v) is 7.52. The number of nitrogens with zero attached hydrogens (tertiary/aromatic N) is 1. The summed E-state index contributed by atoms with van der Waals surface area (Å²) < 4.78 is 5.62. The van der Waals surface area contributed by atoms with Gasteiger partial charge in [0.25, 0.3) is 11.8 Å². The van der Waals surface area contributed by atoms with Gasteiger partial charge in [-0.25, -0.2) is 0 Å². The second kappa shape index (κ2) is 8.41. The molecule has 5 heteroatoms. The Hall–Kier alpha value is -3.60. The molecule has 0 aliphatic carbocycles. The van der Waals surface area contributed by atoms with Gasteiger partial charge in [-0.15, -0.1) is 0 Å². The minimum atomic E-state index is -0.248. The molecule has 0 saturated carbocycles. The van der Waals surface area contributed by atoms with Crippen LogP contribution in [0.3, 0.4) is 0 Å². The molecule has 1 aliphatic rings. The van der Waals surface area contributed by atoms with E-state index in [0.717, 1.165) is 23.2 Å². The van der Waals surface area contributed by atoms with Gasteiger partial charge in [-0.1, -0.05) is 35.9 Å². The van der Waals surface area contributed by atoms with E-state index in [4.69, 9.17) is 4.74 Å². The van der Waals surface area contributed by atoms with Crippen molar-refractivity contribution in [3.63, 3.8) is 0 Å². The van der Waals surface area contributed by atoms with Gasteiger partial charge in [0.2, 0.25) is 0 Å². The van der Waals surface area contributed by atoms with Gasteiger partial charge in [-0.3, -0.25) is 9.59 Å². The average Bonchev–Trinajstić information content (AvgIpc) is 3.17. The fourth-order valence-corrected chi connectivity index (χ4v) is 3.70. The summed E-state index contributed by atoms with van der Waals surface area (Å²) in [6.07, 6.45) is 0.872. The van der Waals surface area contributed by atoms with Gasteiger partial charge in [-0.05, 0) is 67.8 Å². The Balaban J connectivity index is 1.35. The van der Waals surface area contributed by atoms with Crippen LogP contribution in [0.5, 0.6) is 5.75 Å². The first-order valence-corrected chi connectivity index (χ1v) is 10.0. The first-order chi connectivity index (χ1) is 14.5. The quantitative estimate of drug-likeness (QED) is 0.685. The van der Waals surface area contributed by atoms with Crippen LogP contribution < -0.4 is 15.0 Å². The van der Waals surface area contributed by atoms with Gasteiger partial charge < -0.3 is 15.0 Å². The van der Waals surface area contributed by atoms with Crippen LogP contribution in [-0.4, -0.2) is 25.0 Å². The molecule has 30 heavy (non-hydrogen) atoms. The third-order valence-electron chi connectivity index (χ3n) is 5.24. The average molecular weight is 400 g/mol. The van der Waals surface area contributed by atoms with Crippen molar-refractivity contribution < 1.29 is 14.3 Å². The summed E-state index contributed by atoms with van der Waals surface area (Å²) >= 11 is 0. The predicted octanol–water partition coefficient (Wildman–Crippen LogP) is 4.52. The molecule has 1 heterocycles. The Morgan fingerprint density at radius 1 is 1.00 bits per heavy atom. The first kappa shape index (κ1) is 19.7. The summed E-state index contributed by atoms with van der Waals surface area (Å²) in [5.41, 5.74) is 5.53. The highest BCUT2D eigenvalue weighted by Crippen LogP contribution is 2.29. The molecular weight excluding hydrogens is 376 g/mol. The molecule has 4 rings (SSSR count). The number of carbonyl (C=O) groups excluding carboxylic acids is 2. The third-order valence-corrected chi connectivity index (χ3v) is 5.24. The molecule has 0 aromatic heterocycles. The maximum atomic E-state index is 12.9. The fraction of sp³-hybridized carbons (Fsp3) is 0.200. The van der Waals surface area contributed by atoms with E-state index in [1.807, 2.05) is 50.2 Å². The highest BCUT2D eigenvalue weighted by Gasteiger charge is 2.25. The first-order valence-electron chi connectivity index (χ1n) is 10.0. The van der Waals surface area contributed by atoms with Gasteiger partial charge in [-0.2, -0.15) is 0 Å². The number of aryl methyl sites for hydroxylation is 2. The molecule has 152 valence electrons. The van der Waals surface area contributed by atoms with E-state index in [2.05, 4.69) is 11.4 Å². The van der Waals surface area contributed by atoms with Crippen molar-refractivity contribution in [2.75, 3.05) is 23.4 Å².